The second-order valence-electron chi connectivity index (χ2n) is 3.85. The Bertz CT molecular complexity index is 588. The summed E-state index contributed by atoms with van der Waals surface area (Å²) in [6.07, 6.45) is 0. The third kappa shape index (κ3) is 4.55. The van der Waals surface area contributed by atoms with E-state index in [0.717, 1.165) is 14.7 Å². The molecule has 0 fully saturated rings. The monoisotopic (exact) mass is 438 g/mol. The summed E-state index contributed by atoms with van der Waals surface area (Å²) in [5.74, 6) is 1.33. The molecule has 0 aromatic heterocycles. The summed E-state index contributed by atoms with van der Waals surface area (Å²) in [5.41, 5.74) is 0. The number of ether oxygens (including phenoxy) is 2. The van der Waals surface area contributed by atoms with Gasteiger partial charge >= 0.3 is 0 Å². The van der Waals surface area contributed by atoms with Crippen molar-refractivity contribution in [2.24, 2.45) is 0 Å². The molecule has 0 radical (unpaired) electrons. The molecule has 20 heavy (non-hydrogen) atoms. The minimum absolute atomic E-state index is 0.383. The minimum atomic E-state index is 0.383. The molecule has 0 saturated heterocycles. The molecule has 0 heterocycles. The fourth-order valence-corrected chi connectivity index (χ4v) is 2.57. The summed E-state index contributed by atoms with van der Waals surface area (Å²) in [4.78, 5) is 0. The Morgan fingerprint density at radius 2 is 1.50 bits per heavy atom. The molecule has 0 unspecified atom stereocenters. The third-order valence-corrected chi connectivity index (χ3v) is 4.42. The maximum absolute atomic E-state index is 6.06. The maximum atomic E-state index is 6.06. The number of benzene rings is 2. The van der Waals surface area contributed by atoms with Crippen molar-refractivity contribution in [2.45, 2.75) is 0 Å². The van der Waals surface area contributed by atoms with Crippen molar-refractivity contribution in [2.75, 3.05) is 13.2 Å². The topological polar surface area (TPSA) is 18.5 Å². The smallest absolute Gasteiger partial charge is 0.139 e. The molecule has 0 N–H and O–H groups in total. The molecule has 0 aliphatic heterocycles. The van der Waals surface area contributed by atoms with E-state index in [2.05, 4.69) is 31.9 Å². The summed E-state index contributed by atoms with van der Waals surface area (Å²) in [5, 5.41) is 1.06. The Morgan fingerprint density at radius 1 is 0.850 bits per heavy atom. The zero-order valence-corrected chi connectivity index (χ0v) is 14.9. The van der Waals surface area contributed by atoms with Crippen molar-refractivity contribution in [3.8, 4) is 11.5 Å². The van der Waals surface area contributed by atoms with Gasteiger partial charge in [-0.2, -0.15) is 0 Å². The lowest BCUT2D eigenvalue weighted by molar-refractivity contribution is 0.217. The molecule has 0 saturated carbocycles. The largest absolute Gasteiger partial charge is 0.490 e. The standard InChI is InChI=1S/C14H10Br2Cl2O2/c15-9-1-3-10(4-2-9)19-5-6-20-14-8-12(17)11(16)7-13(14)18/h1-4,7-8H,5-6H2. The highest BCUT2D eigenvalue weighted by atomic mass is 79.9. The third-order valence-electron chi connectivity index (χ3n) is 2.40. The van der Waals surface area contributed by atoms with Gasteiger partial charge in [-0.25, -0.2) is 0 Å². The first kappa shape index (κ1) is 16.0. The first-order valence-corrected chi connectivity index (χ1v) is 8.06. The van der Waals surface area contributed by atoms with Crippen LogP contribution in [0.25, 0.3) is 0 Å². The van der Waals surface area contributed by atoms with Crippen LogP contribution in [0.5, 0.6) is 11.5 Å². The summed E-state index contributed by atoms with van der Waals surface area (Å²) in [6.45, 7) is 0.805. The second-order valence-corrected chi connectivity index (χ2v) is 6.43. The highest BCUT2D eigenvalue weighted by molar-refractivity contribution is 9.10. The zero-order chi connectivity index (χ0) is 14.5. The van der Waals surface area contributed by atoms with Crippen molar-refractivity contribution in [1.82, 2.24) is 0 Å². The molecule has 0 atom stereocenters. The molecule has 0 spiro atoms. The molecule has 2 aromatic carbocycles. The van der Waals surface area contributed by atoms with Gasteiger partial charge in [0, 0.05) is 15.0 Å². The lowest BCUT2D eigenvalue weighted by Gasteiger charge is -2.10. The van der Waals surface area contributed by atoms with E-state index in [1.807, 2.05) is 24.3 Å². The Kier molecular flexibility index (Phi) is 6.02. The Balaban J connectivity index is 1.84. The van der Waals surface area contributed by atoms with Gasteiger partial charge in [0.15, 0.2) is 0 Å². The predicted molar refractivity (Wildman–Crippen MR) is 89.3 cm³/mol. The molecule has 0 bridgehead atoms. The van der Waals surface area contributed by atoms with Crippen LogP contribution < -0.4 is 9.47 Å². The van der Waals surface area contributed by atoms with Crippen molar-refractivity contribution < 1.29 is 9.47 Å². The van der Waals surface area contributed by atoms with Crippen LogP contribution in [0, 0.1) is 0 Å². The number of rotatable bonds is 5. The summed E-state index contributed by atoms with van der Waals surface area (Å²) >= 11 is 18.7. The Hall–Kier alpha value is -0.420. The van der Waals surface area contributed by atoms with Crippen LogP contribution in [0.4, 0.5) is 0 Å². The van der Waals surface area contributed by atoms with Gasteiger partial charge in [-0.3, -0.25) is 0 Å². The van der Waals surface area contributed by atoms with E-state index in [0.29, 0.717) is 29.0 Å². The fraction of sp³-hybridized carbons (Fsp3) is 0.143. The van der Waals surface area contributed by atoms with E-state index in [4.69, 9.17) is 32.7 Å². The quantitative estimate of drug-likeness (QED) is 0.421. The normalized spacial score (nSPS) is 10.4. The molecule has 0 aliphatic rings. The SMILES string of the molecule is Clc1cc(OCCOc2ccc(Br)cc2)c(Cl)cc1Br. The highest BCUT2D eigenvalue weighted by Crippen LogP contribution is 2.34. The van der Waals surface area contributed by atoms with Crippen LogP contribution in [0.1, 0.15) is 0 Å². The molecule has 2 rings (SSSR count). The maximum Gasteiger partial charge on any atom is 0.139 e. The van der Waals surface area contributed by atoms with Gasteiger partial charge in [-0.05, 0) is 46.3 Å². The minimum Gasteiger partial charge on any atom is -0.490 e. The average molecular weight is 441 g/mol. The van der Waals surface area contributed by atoms with Crippen LogP contribution in [-0.4, -0.2) is 13.2 Å². The average Bonchev–Trinajstić information content (AvgIpc) is 2.42. The van der Waals surface area contributed by atoms with Crippen molar-refractivity contribution in [3.05, 3.63) is 55.4 Å². The van der Waals surface area contributed by atoms with Gasteiger partial charge in [0.25, 0.3) is 0 Å². The van der Waals surface area contributed by atoms with E-state index in [9.17, 15) is 0 Å². The lowest BCUT2D eigenvalue weighted by atomic mass is 10.3. The van der Waals surface area contributed by atoms with Crippen LogP contribution in [0.3, 0.4) is 0 Å². The predicted octanol–water partition coefficient (Wildman–Crippen LogP) is 5.98. The first-order valence-electron chi connectivity index (χ1n) is 5.72. The molecule has 2 aromatic rings. The molecule has 6 heteroatoms. The van der Waals surface area contributed by atoms with Gasteiger partial charge in [0.05, 0.1) is 10.0 Å². The van der Waals surface area contributed by atoms with E-state index < -0.39 is 0 Å². The molecule has 0 aliphatic carbocycles. The van der Waals surface area contributed by atoms with Crippen LogP contribution in [-0.2, 0) is 0 Å². The number of halogens is 4. The number of hydrogen-bond donors (Lipinski definition) is 0. The Morgan fingerprint density at radius 3 is 2.20 bits per heavy atom. The first-order chi connectivity index (χ1) is 9.56. The van der Waals surface area contributed by atoms with Gasteiger partial charge in [0.2, 0.25) is 0 Å². The van der Waals surface area contributed by atoms with Gasteiger partial charge in [0.1, 0.15) is 24.7 Å². The van der Waals surface area contributed by atoms with Crippen molar-refractivity contribution in [3.63, 3.8) is 0 Å². The molecule has 2 nitrogen and oxygen atoms in total. The van der Waals surface area contributed by atoms with E-state index in [1.54, 1.807) is 12.1 Å². The van der Waals surface area contributed by atoms with Crippen molar-refractivity contribution >= 4 is 55.1 Å². The van der Waals surface area contributed by atoms with Crippen LogP contribution in [0.2, 0.25) is 10.0 Å². The second kappa shape index (κ2) is 7.55. The summed E-state index contributed by atoms with van der Waals surface area (Å²) in [7, 11) is 0. The molecule has 0 amide bonds. The van der Waals surface area contributed by atoms with E-state index in [-0.39, 0.29) is 0 Å². The summed E-state index contributed by atoms with van der Waals surface area (Å²) in [6, 6.07) is 11.0. The fourth-order valence-electron chi connectivity index (χ4n) is 1.46. The Labute approximate surface area is 144 Å². The lowest BCUT2D eigenvalue weighted by Crippen LogP contribution is -2.09. The van der Waals surface area contributed by atoms with Gasteiger partial charge in [-0.15, -0.1) is 0 Å². The zero-order valence-electron chi connectivity index (χ0n) is 10.2. The van der Waals surface area contributed by atoms with Crippen LogP contribution in [0.15, 0.2) is 45.3 Å². The van der Waals surface area contributed by atoms with E-state index >= 15 is 0 Å². The van der Waals surface area contributed by atoms with Crippen LogP contribution >= 0.6 is 55.1 Å². The van der Waals surface area contributed by atoms with Crippen molar-refractivity contribution in [1.29, 1.82) is 0 Å². The number of hydrogen-bond acceptors (Lipinski definition) is 2. The van der Waals surface area contributed by atoms with E-state index in [1.165, 1.54) is 0 Å². The molecular weight excluding hydrogens is 431 g/mol. The highest BCUT2D eigenvalue weighted by Gasteiger charge is 2.06. The molecule has 106 valence electrons. The van der Waals surface area contributed by atoms with Gasteiger partial charge < -0.3 is 9.47 Å². The molecular formula is C14H10Br2Cl2O2. The summed E-state index contributed by atoms with van der Waals surface area (Å²) < 4.78 is 12.8. The van der Waals surface area contributed by atoms with Gasteiger partial charge in [-0.1, -0.05) is 39.1 Å².